The second-order valence-electron chi connectivity index (χ2n) is 16.1. The van der Waals surface area contributed by atoms with Crippen molar-refractivity contribution in [1.29, 1.82) is 0 Å². The molecule has 0 unspecified atom stereocenters. The average molecular weight is 806 g/mol. The molecular formula is C60H39NS. The molecule has 290 valence electrons. The van der Waals surface area contributed by atoms with Gasteiger partial charge in [0.05, 0.1) is 10.4 Å². The number of fused-ring (bicyclic) bond motifs is 7. The highest BCUT2D eigenvalue weighted by atomic mass is 32.1. The van der Waals surface area contributed by atoms with Gasteiger partial charge in [-0.1, -0.05) is 182 Å². The van der Waals surface area contributed by atoms with Crippen molar-refractivity contribution >= 4 is 80.9 Å². The predicted octanol–water partition coefficient (Wildman–Crippen LogP) is 17.7. The minimum absolute atomic E-state index is 1.11. The topological polar surface area (TPSA) is 3.24 Å². The minimum Gasteiger partial charge on any atom is -0.309 e. The molecule has 1 heterocycles. The Kier molecular flexibility index (Phi) is 8.76. The van der Waals surface area contributed by atoms with Crippen LogP contribution in [0.2, 0.25) is 0 Å². The summed E-state index contributed by atoms with van der Waals surface area (Å²) in [5.41, 5.74) is 13.1. The normalized spacial score (nSPS) is 11.5. The molecule has 2 heteroatoms. The Hall–Kier alpha value is -7.78. The van der Waals surface area contributed by atoms with Gasteiger partial charge in [0.2, 0.25) is 0 Å². The zero-order valence-electron chi connectivity index (χ0n) is 33.9. The molecule has 0 bridgehead atoms. The van der Waals surface area contributed by atoms with Crippen molar-refractivity contribution in [1.82, 2.24) is 0 Å². The van der Waals surface area contributed by atoms with E-state index in [1.54, 1.807) is 0 Å². The molecule has 0 saturated heterocycles. The number of hydrogen-bond acceptors (Lipinski definition) is 2. The van der Waals surface area contributed by atoms with Gasteiger partial charge in [-0.3, -0.25) is 0 Å². The smallest absolute Gasteiger partial charge is 0.0646 e. The number of anilines is 3. The first-order chi connectivity index (χ1) is 30.7. The van der Waals surface area contributed by atoms with Gasteiger partial charge in [0.15, 0.2) is 0 Å². The number of benzene rings is 11. The van der Waals surface area contributed by atoms with Crippen LogP contribution in [-0.4, -0.2) is 0 Å². The van der Waals surface area contributed by atoms with Crippen LogP contribution in [0.15, 0.2) is 237 Å². The van der Waals surface area contributed by atoms with Crippen LogP contribution in [0.25, 0.3) is 97.0 Å². The molecule has 0 spiro atoms. The molecule has 1 nitrogen and oxygen atoms in total. The maximum Gasteiger partial charge on any atom is 0.0646 e. The van der Waals surface area contributed by atoms with Gasteiger partial charge in [0.1, 0.15) is 0 Å². The first-order valence-corrected chi connectivity index (χ1v) is 22.0. The molecule has 0 aliphatic heterocycles. The Bertz CT molecular complexity index is 3620. The first kappa shape index (κ1) is 36.1. The lowest BCUT2D eigenvalue weighted by atomic mass is 9.94. The van der Waals surface area contributed by atoms with Crippen LogP contribution < -0.4 is 4.90 Å². The molecule has 62 heavy (non-hydrogen) atoms. The molecule has 12 aromatic rings. The zero-order valence-corrected chi connectivity index (χ0v) is 34.7. The lowest BCUT2D eigenvalue weighted by Gasteiger charge is -2.27. The number of hydrogen-bond donors (Lipinski definition) is 0. The van der Waals surface area contributed by atoms with E-state index in [2.05, 4.69) is 241 Å². The summed E-state index contributed by atoms with van der Waals surface area (Å²) >= 11 is 1.88. The van der Waals surface area contributed by atoms with Crippen molar-refractivity contribution in [3.05, 3.63) is 237 Å². The van der Waals surface area contributed by atoms with Crippen LogP contribution in [-0.2, 0) is 0 Å². The minimum atomic E-state index is 1.11. The Morgan fingerprint density at radius 1 is 0.290 bits per heavy atom. The summed E-state index contributed by atoms with van der Waals surface area (Å²) in [7, 11) is 0. The number of rotatable bonds is 7. The van der Waals surface area contributed by atoms with Gasteiger partial charge >= 0.3 is 0 Å². The Labute approximate surface area is 365 Å². The molecule has 0 atom stereocenters. The third kappa shape index (κ3) is 6.32. The van der Waals surface area contributed by atoms with Crippen molar-refractivity contribution in [2.24, 2.45) is 0 Å². The summed E-state index contributed by atoms with van der Waals surface area (Å²) in [6.07, 6.45) is 0. The molecule has 0 radical (unpaired) electrons. The summed E-state index contributed by atoms with van der Waals surface area (Å²) in [5.74, 6) is 0. The van der Waals surface area contributed by atoms with Gasteiger partial charge in [0, 0.05) is 26.8 Å². The molecule has 0 saturated carbocycles. The van der Waals surface area contributed by atoms with Crippen molar-refractivity contribution in [3.8, 4) is 44.5 Å². The van der Waals surface area contributed by atoms with E-state index in [1.807, 2.05) is 11.3 Å². The SMILES string of the molecule is c1ccc(-c2ccccc2-c2ccc(N(c3ccc(-c4ccc5cc(-c6ccc7ccccc7c6)ccc5c4)cc3)c3cc4ccccc4c4c3sc3ccccc34)cc2)cc1. The zero-order chi connectivity index (χ0) is 41.0. The van der Waals surface area contributed by atoms with Gasteiger partial charge < -0.3 is 4.90 Å². The molecule has 0 fully saturated rings. The molecule has 12 rings (SSSR count). The molecule has 0 aliphatic carbocycles. The highest BCUT2D eigenvalue weighted by Crippen LogP contribution is 2.48. The van der Waals surface area contributed by atoms with Gasteiger partial charge in [0.25, 0.3) is 0 Å². The maximum absolute atomic E-state index is 2.45. The largest absolute Gasteiger partial charge is 0.309 e. The highest BCUT2D eigenvalue weighted by molar-refractivity contribution is 7.26. The lowest BCUT2D eigenvalue weighted by molar-refractivity contribution is 1.30. The average Bonchev–Trinajstić information content (AvgIpc) is 3.75. The predicted molar refractivity (Wildman–Crippen MR) is 268 cm³/mol. The monoisotopic (exact) mass is 805 g/mol. The van der Waals surface area contributed by atoms with Gasteiger partial charge in [-0.05, 0) is 131 Å². The van der Waals surface area contributed by atoms with Crippen molar-refractivity contribution in [2.75, 3.05) is 4.90 Å². The summed E-state index contributed by atoms with van der Waals surface area (Å²) in [4.78, 5) is 2.45. The molecule has 1 aromatic heterocycles. The van der Waals surface area contributed by atoms with E-state index in [1.165, 1.54) is 103 Å². The van der Waals surface area contributed by atoms with E-state index >= 15 is 0 Å². The lowest BCUT2D eigenvalue weighted by Crippen LogP contribution is -2.10. The third-order valence-corrected chi connectivity index (χ3v) is 13.6. The third-order valence-electron chi connectivity index (χ3n) is 12.4. The number of nitrogens with zero attached hydrogens (tertiary/aromatic N) is 1. The van der Waals surface area contributed by atoms with Crippen LogP contribution in [0, 0.1) is 0 Å². The summed E-state index contributed by atoms with van der Waals surface area (Å²) < 4.78 is 2.58. The number of thiophene rings is 1. The molecule has 0 amide bonds. The van der Waals surface area contributed by atoms with Crippen molar-refractivity contribution < 1.29 is 0 Å². The fraction of sp³-hybridized carbons (Fsp3) is 0. The fourth-order valence-electron chi connectivity index (χ4n) is 9.32. The molecule has 0 aliphatic rings. The van der Waals surface area contributed by atoms with E-state index in [9.17, 15) is 0 Å². The van der Waals surface area contributed by atoms with E-state index in [-0.39, 0.29) is 0 Å². The first-order valence-electron chi connectivity index (χ1n) is 21.2. The molecular weight excluding hydrogens is 767 g/mol. The highest BCUT2D eigenvalue weighted by Gasteiger charge is 2.21. The Morgan fingerprint density at radius 2 is 0.742 bits per heavy atom. The van der Waals surface area contributed by atoms with Gasteiger partial charge in [-0.15, -0.1) is 11.3 Å². The second kappa shape index (κ2) is 15.0. The van der Waals surface area contributed by atoms with Crippen LogP contribution in [0.5, 0.6) is 0 Å². The van der Waals surface area contributed by atoms with Crippen LogP contribution in [0.3, 0.4) is 0 Å². The van der Waals surface area contributed by atoms with Crippen LogP contribution in [0.1, 0.15) is 0 Å². The standard InChI is InChI=1S/C60H39NS/c1-2-13-42(14-3-1)53-17-8-9-18-54(53)43-30-34-52(35-31-43)61(57-39-50-16-6-7-19-55(50)59-56-20-10-11-21-58(56)62-60(57)59)51-32-28-41(29-33-51)45-24-25-48-38-49(27-26-47(48)37-45)46-23-22-40-12-4-5-15-44(40)36-46/h1-39H. The van der Waals surface area contributed by atoms with E-state index in [0.29, 0.717) is 0 Å². The summed E-state index contributed by atoms with van der Waals surface area (Å²) in [6, 6.07) is 86.7. The second-order valence-corrected chi connectivity index (χ2v) is 17.2. The van der Waals surface area contributed by atoms with Crippen LogP contribution >= 0.6 is 11.3 Å². The van der Waals surface area contributed by atoms with E-state index in [0.717, 1.165) is 11.4 Å². The molecule has 11 aromatic carbocycles. The van der Waals surface area contributed by atoms with Gasteiger partial charge in [-0.2, -0.15) is 0 Å². The Balaban J connectivity index is 0.959. The van der Waals surface area contributed by atoms with Gasteiger partial charge in [-0.25, -0.2) is 0 Å². The summed E-state index contributed by atoms with van der Waals surface area (Å²) in [5, 5.41) is 10.1. The summed E-state index contributed by atoms with van der Waals surface area (Å²) in [6.45, 7) is 0. The van der Waals surface area contributed by atoms with E-state index in [4.69, 9.17) is 0 Å². The molecule has 0 N–H and O–H groups in total. The van der Waals surface area contributed by atoms with Crippen molar-refractivity contribution in [3.63, 3.8) is 0 Å². The Morgan fingerprint density at radius 3 is 1.40 bits per heavy atom. The van der Waals surface area contributed by atoms with Crippen LogP contribution in [0.4, 0.5) is 17.1 Å². The fourth-order valence-corrected chi connectivity index (χ4v) is 10.5. The maximum atomic E-state index is 2.45. The van der Waals surface area contributed by atoms with E-state index < -0.39 is 0 Å². The van der Waals surface area contributed by atoms with Crippen molar-refractivity contribution in [2.45, 2.75) is 0 Å². The quantitative estimate of drug-likeness (QED) is 0.155.